The van der Waals surface area contributed by atoms with Gasteiger partial charge in [-0.1, -0.05) is 12.1 Å². The van der Waals surface area contributed by atoms with Crippen molar-refractivity contribution in [1.82, 2.24) is 0 Å². The fourth-order valence-electron chi connectivity index (χ4n) is 3.93. The first kappa shape index (κ1) is 19.4. The quantitative estimate of drug-likeness (QED) is 0.707. The average molecular weight is 404 g/mol. The van der Waals surface area contributed by atoms with Crippen molar-refractivity contribution in [1.29, 1.82) is 0 Å². The first-order chi connectivity index (χ1) is 13.7. The largest absolute Gasteiger partial charge is 0.416 e. The van der Waals surface area contributed by atoms with Crippen LogP contribution in [0.4, 0.5) is 24.5 Å². The van der Waals surface area contributed by atoms with Gasteiger partial charge in [0.05, 0.1) is 40.3 Å². The second kappa shape index (κ2) is 6.88. The van der Waals surface area contributed by atoms with E-state index in [-0.39, 0.29) is 29.0 Å². The number of imide groups is 1. The van der Waals surface area contributed by atoms with Crippen molar-refractivity contribution in [3.8, 4) is 0 Å². The first-order valence-electron chi connectivity index (χ1n) is 9.26. The molecule has 2 aliphatic heterocycles. The van der Waals surface area contributed by atoms with Crippen molar-refractivity contribution in [3.05, 3.63) is 59.2 Å². The molecule has 2 unspecified atom stereocenters. The minimum Gasteiger partial charge on any atom is -0.372 e. The van der Waals surface area contributed by atoms with Gasteiger partial charge in [0, 0.05) is 13.1 Å². The molecule has 0 radical (unpaired) electrons. The van der Waals surface area contributed by atoms with Crippen LogP contribution in [-0.2, 0) is 10.9 Å². The predicted molar refractivity (Wildman–Crippen MR) is 101 cm³/mol. The number of nitrogens with zero attached hydrogens (tertiary/aromatic N) is 2. The minimum absolute atomic E-state index is 0.0627. The van der Waals surface area contributed by atoms with Crippen LogP contribution in [0.1, 0.15) is 40.1 Å². The Balaban J connectivity index is 1.85. The van der Waals surface area contributed by atoms with Gasteiger partial charge in [0.2, 0.25) is 0 Å². The van der Waals surface area contributed by atoms with Crippen molar-refractivity contribution in [3.63, 3.8) is 0 Å². The molecule has 1 fully saturated rings. The number of halogens is 3. The molecule has 2 amide bonds. The van der Waals surface area contributed by atoms with Gasteiger partial charge >= 0.3 is 6.18 Å². The standard InChI is InChI=1S/C21H19F3N2O3/c1-12-10-25(11-13(2)29-12)17-8-7-14(21(22,23)24)9-18(17)26-19(27)15-5-3-4-6-16(15)20(26)28/h3-9,12-13H,10-11H2,1-2H3. The fraction of sp³-hybridized carbons (Fsp3) is 0.333. The molecule has 0 aromatic heterocycles. The maximum atomic E-state index is 13.4. The number of ether oxygens (including phenoxy) is 1. The Kier molecular flexibility index (Phi) is 4.61. The summed E-state index contributed by atoms with van der Waals surface area (Å²) in [5.74, 6) is -1.25. The van der Waals surface area contributed by atoms with E-state index < -0.39 is 23.6 Å². The molecule has 0 N–H and O–H groups in total. The van der Waals surface area contributed by atoms with Crippen molar-refractivity contribution < 1.29 is 27.5 Å². The van der Waals surface area contributed by atoms with E-state index >= 15 is 0 Å². The highest BCUT2D eigenvalue weighted by atomic mass is 19.4. The lowest BCUT2D eigenvalue weighted by atomic mass is 10.1. The van der Waals surface area contributed by atoms with E-state index in [0.717, 1.165) is 17.0 Å². The first-order valence-corrected chi connectivity index (χ1v) is 9.26. The Bertz CT molecular complexity index is 944. The number of amides is 2. The number of anilines is 2. The summed E-state index contributed by atoms with van der Waals surface area (Å²) >= 11 is 0. The number of carbonyl (C=O) groups excluding carboxylic acids is 2. The summed E-state index contributed by atoms with van der Waals surface area (Å²) in [6.45, 7) is 4.61. The lowest BCUT2D eigenvalue weighted by molar-refractivity contribution is -0.137. The highest BCUT2D eigenvalue weighted by molar-refractivity contribution is 6.35. The number of alkyl halides is 3. The van der Waals surface area contributed by atoms with E-state index in [1.54, 1.807) is 12.1 Å². The maximum absolute atomic E-state index is 13.4. The molecule has 2 aromatic rings. The number of carbonyl (C=O) groups is 2. The molecular formula is C21H19F3N2O3. The molecular weight excluding hydrogens is 385 g/mol. The van der Waals surface area contributed by atoms with Crippen LogP contribution in [0, 0.1) is 0 Å². The molecule has 4 rings (SSSR count). The summed E-state index contributed by atoms with van der Waals surface area (Å²) in [4.78, 5) is 28.5. The zero-order valence-corrected chi connectivity index (χ0v) is 15.9. The number of benzene rings is 2. The number of fused-ring (bicyclic) bond motifs is 1. The third-order valence-corrected chi connectivity index (χ3v) is 5.10. The monoisotopic (exact) mass is 404 g/mol. The van der Waals surface area contributed by atoms with Crippen LogP contribution in [0.25, 0.3) is 0 Å². The van der Waals surface area contributed by atoms with E-state index in [2.05, 4.69) is 0 Å². The van der Waals surface area contributed by atoms with E-state index in [1.807, 2.05) is 18.7 Å². The van der Waals surface area contributed by atoms with Gasteiger partial charge < -0.3 is 9.64 Å². The smallest absolute Gasteiger partial charge is 0.372 e. The van der Waals surface area contributed by atoms with E-state index in [9.17, 15) is 22.8 Å². The molecule has 0 saturated carbocycles. The lowest BCUT2D eigenvalue weighted by Gasteiger charge is -2.38. The molecule has 2 atom stereocenters. The second-order valence-electron chi connectivity index (χ2n) is 7.35. The number of hydrogen-bond donors (Lipinski definition) is 0. The molecule has 2 aliphatic rings. The Morgan fingerprint density at radius 1 is 0.897 bits per heavy atom. The Hall–Kier alpha value is -2.87. The van der Waals surface area contributed by atoms with Gasteiger partial charge in [-0.2, -0.15) is 13.2 Å². The van der Waals surface area contributed by atoms with E-state index in [0.29, 0.717) is 18.8 Å². The van der Waals surface area contributed by atoms with Gasteiger partial charge in [0.15, 0.2) is 0 Å². The van der Waals surface area contributed by atoms with Crippen LogP contribution in [0.3, 0.4) is 0 Å². The zero-order valence-electron chi connectivity index (χ0n) is 15.9. The Morgan fingerprint density at radius 3 is 1.97 bits per heavy atom. The summed E-state index contributed by atoms with van der Waals surface area (Å²) in [6, 6.07) is 9.41. The fourth-order valence-corrected chi connectivity index (χ4v) is 3.93. The van der Waals surface area contributed by atoms with Gasteiger partial charge in [0.25, 0.3) is 11.8 Å². The second-order valence-corrected chi connectivity index (χ2v) is 7.35. The van der Waals surface area contributed by atoms with Crippen LogP contribution in [0.5, 0.6) is 0 Å². The molecule has 29 heavy (non-hydrogen) atoms. The van der Waals surface area contributed by atoms with Crippen LogP contribution in [-0.4, -0.2) is 37.1 Å². The van der Waals surface area contributed by atoms with Crippen molar-refractivity contribution >= 4 is 23.2 Å². The molecule has 2 heterocycles. The number of rotatable bonds is 2. The topological polar surface area (TPSA) is 49.9 Å². The number of morpholine rings is 1. The highest BCUT2D eigenvalue weighted by Crippen LogP contribution is 2.40. The lowest BCUT2D eigenvalue weighted by Crippen LogP contribution is -2.46. The zero-order chi connectivity index (χ0) is 20.9. The van der Waals surface area contributed by atoms with Crippen LogP contribution in [0.2, 0.25) is 0 Å². The molecule has 2 aromatic carbocycles. The normalized spacial score (nSPS) is 22.2. The molecule has 1 saturated heterocycles. The van der Waals surface area contributed by atoms with Gasteiger partial charge in [-0.3, -0.25) is 9.59 Å². The van der Waals surface area contributed by atoms with Crippen LogP contribution in [0.15, 0.2) is 42.5 Å². The van der Waals surface area contributed by atoms with Crippen LogP contribution >= 0.6 is 0 Å². The Morgan fingerprint density at radius 2 is 1.45 bits per heavy atom. The molecule has 0 aliphatic carbocycles. The molecule has 8 heteroatoms. The molecule has 0 spiro atoms. The summed E-state index contributed by atoms with van der Waals surface area (Å²) in [5.41, 5.74) is -0.210. The van der Waals surface area contributed by atoms with Gasteiger partial charge in [-0.25, -0.2) is 4.90 Å². The summed E-state index contributed by atoms with van der Waals surface area (Å²) in [6.07, 6.45) is -4.88. The van der Waals surface area contributed by atoms with E-state index in [1.165, 1.54) is 18.2 Å². The van der Waals surface area contributed by atoms with Crippen molar-refractivity contribution in [2.75, 3.05) is 22.9 Å². The third-order valence-electron chi connectivity index (χ3n) is 5.10. The van der Waals surface area contributed by atoms with E-state index in [4.69, 9.17) is 4.74 Å². The average Bonchev–Trinajstić information content (AvgIpc) is 2.91. The maximum Gasteiger partial charge on any atom is 0.416 e. The third kappa shape index (κ3) is 3.37. The molecule has 0 bridgehead atoms. The molecule has 5 nitrogen and oxygen atoms in total. The highest BCUT2D eigenvalue weighted by Gasteiger charge is 2.40. The number of hydrogen-bond acceptors (Lipinski definition) is 4. The van der Waals surface area contributed by atoms with Crippen LogP contribution < -0.4 is 9.80 Å². The van der Waals surface area contributed by atoms with Crippen molar-refractivity contribution in [2.24, 2.45) is 0 Å². The Labute approximate surface area is 165 Å². The van der Waals surface area contributed by atoms with Gasteiger partial charge in [-0.05, 0) is 44.2 Å². The van der Waals surface area contributed by atoms with Gasteiger partial charge in [0.1, 0.15) is 0 Å². The molecule has 152 valence electrons. The predicted octanol–water partition coefficient (Wildman–Crippen LogP) is 4.12. The SMILES string of the molecule is CC1CN(c2ccc(C(F)(F)F)cc2N2C(=O)c3ccccc3C2=O)CC(C)O1. The minimum atomic E-state index is -4.60. The van der Waals surface area contributed by atoms with Crippen molar-refractivity contribution in [2.45, 2.75) is 32.2 Å². The summed E-state index contributed by atoms with van der Waals surface area (Å²) < 4.78 is 45.9. The summed E-state index contributed by atoms with van der Waals surface area (Å²) in [7, 11) is 0. The van der Waals surface area contributed by atoms with Gasteiger partial charge in [-0.15, -0.1) is 0 Å². The summed E-state index contributed by atoms with van der Waals surface area (Å²) in [5, 5.41) is 0.